The monoisotopic (exact) mass is 346 g/mol. The Hall–Kier alpha value is -2.56. The number of carbonyl (C=O) groups excluding carboxylic acids is 2. The van der Waals surface area contributed by atoms with Gasteiger partial charge in [0.15, 0.2) is 5.78 Å². The number of ketones is 1. The molecule has 0 heterocycles. The number of carbonyl (C=O) groups is 2. The summed E-state index contributed by atoms with van der Waals surface area (Å²) in [5.74, 6) is -1.55. The van der Waals surface area contributed by atoms with Gasteiger partial charge in [-0.1, -0.05) is 32.4 Å². The maximum Gasteiger partial charge on any atom is 0.342 e. The van der Waals surface area contributed by atoms with E-state index in [2.05, 4.69) is 6.58 Å². The van der Waals surface area contributed by atoms with Crippen LogP contribution in [0.1, 0.15) is 55.5 Å². The molecule has 136 valence electrons. The lowest BCUT2D eigenvalue weighted by Gasteiger charge is -2.17. The fourth-order valence-electron chi connectivity index (χ4n) is 2.48. The Labute approximate surface area is 148 Å². The first-order valence-corrected chi connectivity index (χ1v) is 8.48. The number of hydrogen-bond acceptors (Lipinski definition) is 5. The SMILES string of the molecule is C=CC[C@@H](CCC)OC(=O)c1c(O)cc(O)cc1CC(=O)/C=C/CC. The van der Waals surface area contributed by atoms with Crippen LogP contribution in [0.2, 0.25) is 0 Å². The highest BCUT2D eigenvalue weighted by molar-refractivity contribution is 5.98. The highest BCUT2D eigenvalue weighted by Crippen LogP contribution is 2.29. The van der Waals surface area contributed by atoms with E-state index in [1.54, 1.807) is 12.2 Å². The summed E-state index contributed by atoms with van der Waals surface area (Å²) in [5.41, 5.74) is 0.156. The normalized spacial score (nSPS) is 12.1. The summed E-state index contributed by atoms with van der Waals surface area (Å²) in [6.07, 6.45) is 7.08. The van der Waals surface area contributed by atoms with Gasteiger partial charge in [-0.2, -0.15) is 0 Å². The third-order valence-corrected chi connectivity index (χ3v) is 3.61. The number of benzene rings is 1. The van der Waals surface area contributed by atoms with Crippen molar-refractivity contribution in [3.8, 4) is 11.5 Å². The fourth-order valence-corrected chi connectivity index (χ4v) is 2.48. The first-order valence-electron chi connectivity index (χ1n) is 8.48. The minimum absolute atomic E-state index is 0.0822. The van der Waals surface area contributed by atoms with Gasteiger partial charge in [-0.15, -0.1) is 6.58 Å². The van der Waals surface area contributed by atoms with Crippen LogP contribution in [-0.4, -0.2) is 28.1 Å². The number of rotatable bonds is 10. The summed E-state index contributed by atoms with van der Waals surface area (Å²) in [6.45, 7) is 7.53. The minimum Gasteiger partial charge on any atom is -0.508 e. The molecule has 5 heteroatoms. The van der Waals surface area contributed by atoms with Crippen molar-refractivity contribution in [2.24, 2.45) is 0 Å². The van der Waals surface area contributed by atoms with Crippen LogP contribution in [0.3, 0.4) is 0 Å². The fraction of sp³-hybridized carbons (Fsp3) is 0.400. The standard InChI is InChI=1S/C20H26O5/c1-4-7-10-15(21)11-14-12-16(22)13-18(23)19(14)20(24)25-17(8-5-2)9-6-3/h5,7,10,12-13,17,22-23H,2,4,6,8-9,11H2,1,3H3/b10-7+/t17-/m0/s1. The summed E-state index contributed by atoms with van der Waals surface area (Å²) < 4.78 is 5.46. The average Bonchev–Trinajstić information content (AvgIpc) is 2.52. The van der Waals surface area contributed by atoms with Crippen molar-refractivity contribution in [3.63, 3.8) is 0 Å². The first-order chi connectivity index (χ1) is 11.9. The van der Waals surface area contributed by atoms with Crippen LogP contribution in [0, 0.1) is 0 Å². The maximum absolute atomic E-state index is 12.5. The van der Waals surface area contributed by atoms with Crippen LogP contribution in [0.4, 0.5) is 0 Å². The van der Waals surface area contributed by atoms with E-state index in [0.29, 0.717) is 19.3 Å². The molecule has 0 saturated carbocycles. The van der Waals surface area contributed by atoms with E-state index in [0.717, 1.165) is 12.5 Å². The van der Waals surface area contributed by atoms with Crippen molar-refractivity contribution in [3.05, 3.63) is 48.1 Å². The molecule has 1 aromatic carbocycles. The Morgan fingerprint density at radius 3 is 2.60 bits per heavy atom. The molecule has 0 aliphatic heterocycles. The summed E-state index contributed by atoms with van der Waals surface area (Å²) in [4.78, 5) is 24.5. The van der Waals surface area contributed by atoms with E-state index in [9.17, 15) is 19.8 Å². The summed E-state index contributed by atoms with van der Waals surface area (Å²) in [6, 6.07) is 2.37. The number of phenolic OH excluding ortho intramolecular Hbond substituents is 2. The highest BCUT2D eigenvalue weighted by Gasteiger charge is 2.23. The van der Waals surface area contributed by atoms with Crippen molar-refractivity contribution < 1.29 is 24.5 Å². The Morgan fingerprint density at radius 1 is 1.28 bits per heavy atom. The lowest BCUT2D eigenvalue weighted by Crippen LogP contribution is -2.19. The molecule has 1 atom stereocenters. The van der Waals surface area contributed by atoms with Gasteiger partial charge in [-0.25, -0.2) is 4.79 Å². The predicted molar refractivity (Wildman–Crippen MR) is 96.8 cm³/mol. The molecular weight excluding hydrogens is 320 g/mol. The average molecular weight is 346 g/mol. The lowest BCUT2D eigenvalue weighted by atomic mass is 10.00. The molecule has 0 unspecified atom stereocenters. The zero-order chi connectivity index (χ0) is 18.8. The van der Waals surface area contributed by atoms with Gasteiger partial charge in [0.05, 0.1) is 0 Å². The van der Waals surface area contributed by atoms with E-state index in [-0.39, 0.29) is 35.2 Å². The predicted octanol–water partition coefficient (Wildman–Crippen LogP) is 4.08. The molecule has 1 rings (SSSR count). The second-order valence-electron chi connectivity index (χ2n) is 5.79. The molecule has 0 aromatic heterocycles. The van der Waals surface area contributed by atoms with Gasteiger partial charge in [0.2, 0.25) is 0 Å². The molecular formula is C20H26O5. The molecule has 0 fully saturated rings. The molecule has 5 nitrogen and oxygen atoms in total. The number of allylic oxidation sites excluding steroid dienone is 2. The van der Waals surface area contributed by atoms with Crippen molar-refractivity contribution in [1.29, 1.82) is 0 Å². The van der Waals surface area contributed by atoms with Gasteiger partial charge >= 0.3 is 5.97 Å². The Balaban J connectivity index is 3.11. The van der Waals surface area contributed by atoms with Crippen LogP contribution in [0.25, 0.3) is 0 Å². The number of ether oxygens (including phenoxy) is 1. The first kappa shape index (κ1) is 20.5. The van der Waals surface area contributed by atoms with Crippen LogP contribution >= 0.6 is 0 Å². The van der Waals surface area contributed by atoms with E-state index >= 15 is 0 Å². The second kappa shape index (κ2) is 10.3. The molecule has 0 amide bonds. The third kappa shape index (κ3) is 6.45. The van der Waals surface area contributed by atoms with E-state index in [4.69, 9.17) is 4.74 Å². The molecule has 0 bridgehead atoms. The Bertz CT molecular complexity index is 646. The molecule has 0 aliphatic rings. The topological polar surface area (TPSA) is 83.8 Å². The largest absolute Gasteiger partial charge is 0.508 e. The molecule has 0 saturated heterocycles. The number of esters is 1. The van der Waals surface area contributed by atoms with Crippen molar-refractivity contribution in [2.75, 3.05) is 0 Å². The van der Waals surface area contributed by atoms with Gasteiger partial charge in [-0.05, 0) is 30.5 Å². The zero-order valence-electron chi connectivity index (χ0n) is 14.8. The van der Waals surface area contributed by atoms with Crippen molar-refractivity contribution in [2.45, 2.75) is 52.1 Å². The molecule has 2 N–H and O–H groups in total. The maximum atomic E-state index is 12.5. The summed E-state index contributed by atoms with van der Waals surface area (Å²) >= 11 is 0. The number of aromatic hydroxyl groups is 2. The molecule has 0 radical (unpaired) electrons. The van der Waals surface area contributed by atoms with Gasteiger partial charge < -0.3 is 14.9 Å². The van der Waals surface area contributed by atoms with E-state index < -0.39 is 11.7 Å². The Morgan fingerprint density at radius 2 is 2.00 bits per heavy atom. The van der Waals surface area contributed by atoms with Crippen LogP contribution in [0.15, 0.2) is 36.9 Å². The van der Waals surface area contributed by atoms with Gasteiger partial charge in [0.1, 0.15) is 23.2 Å². The van der Waals surface area contributed by atoms with Crippen LogP contribution in [0.5, 0.6) is 11.5 Å². The van der Waals surface area contributed by atoms with Gasteiger partial charge in [0.25, 0.3) is 0 Å². The van der Waals surface area contributed by atoms with Crippen LogP contribution < -0.4 is 0 Å². The quantitative estimate of drug-likeness (QED) is 0.379. The van der Waals surface area contributed by atoms with Crippen LogP contribution in [-0.2, 0) is 16.0 Å². The third-order valence-electron chi connectivity index (χ3n) is 3.61. The van der Waals surface area contributed by atoms with Crippen molar-refractivity contribution in [1.82, 2.24) is 0 Å². The minimum atomic E-state index is -0.708. The molecule has 0 aliphatic carbocycles. The van der Waals surface area contributed by atoms with E-state index in [1.165, 1.54) is 12.1 Å². The Kier molecular flexibility index (Phi) is 8.47. The summed E-state index contributed by atoms with van der Waals surface area (Å²) in [7, 11) is 0. The zero-order valence-corrected chi connectivity index (χ0v) is 14.8. The highest BCUT2D eigenvalue weighted by atomic mass is 16.5. The van der Waals surface area contributed by atoms with E-state index in [1.807, 2.05) is 13.8 Å². The number of phenols is 2. The molecule has 25 heavy (non-hydrogen) atoms. The molecule has 0 spiro atoms. The summed E-state index contributed by atoms with van der Waals surface area (Å²) in [5, 5.41) is 19.8. The van der Waals surface area contributed by atoms with Gasteiger partial charge in [-0.3, -0.25) is 4.79 Å². The van der Waals surface area contributed by atoms with Gasteiger partial charge in [0, 0.05) is 18.9 Å². The lowest BCUT2D eigenvalue weighted by molar-refractivity contribution is -0.114. The second-order valence-corrected chi connectivity index (χ2v) is 5.79. The van der Waals surface area contributed by atoms with Crippen molar-refractivity contribution >= 4 is 11.8 Å². The molecule has 1 aromatic rings. The smallest absolute Gasteiger partial charge is 0.342 e. The number of hydrogen-bond donors (Lipinski definition) is 2.